The molecule has 1 aromatic heterocycles. The Morgan fingerprint density at radius 3 is 1.98 bits per heavy atom. The first kappa shape index (κ1) is 36.9. The zero-order chi connectivity index (χ0) is 40.6. The number of hydrogen-bond acceptors (Lipinski definition) is 4. The van der Waals surface area contributed by atoms with Gasteiger partial charge in [0.25, 0.3) is 0 Å². The molecular formula is C55H43N5. The summed E-state index contributed by atoms with van der Waals surface area (Å²) in [5.41, 5.74) is 14.2. The van der Waals surface area contributed by atoms with Crippen LogP contribution < -0.4 is 5.32 Å². The van der Waals surface area contributed by atoms with E-state index < -0.39 is 5.41 Å². The second-order valence-corrected chi connectivity index (χ2v) is 15.5. The van der Waals surface area contributed by atoms with Crippen LogP contribution in [0.5, 0.6) is 0 Å². The van der Waals surface area contributed by atoms with Gasteiger partial charge in [-0.05, 0) is 107 Å². The fourth-order valence-electron chi connectivity index (χ4n) is 9.66. The van der Waals surface area contributed by atoms with Gasteiger partial charge in [0.15, 0.2) is 0 Å². The Bertz CT molecular complexity index is 3030. The number of benzene rings is 8. The Morgan fingerprint density at radius 2 is 1.25 bits per heavy atom. The summed E-state index contributed by atoms with van der Waals surface area (Å²) in [6.07, 6.45) is 1.51. The number of para-hydroxylation sites is 1. The highest BCUT2D eigenvalue weighted by molar-refractivity contribution is 6.12. The quantitative estimate of drug-likeness (QED) is 0.111. The molecule has 0 fully saturated rings. The van der Waals surface area contributed by atoms with E-state index >= 15 is 0 Å². The predicted octanol–water partition coefficient (Wildman–Crippen LogP) is 12.0. The summed E-state index contributed by atoms with van der Waals surface area (Å²) in [7, 11) is 4.02. The number of aromatic nitrogens is 1. The molecule has 0 saturated heterocycles. The third-order valence-corrected chi connectivity index (χ3v) is 12.2. The second-order valence-electron chi connectivity index (χ2n) is 15.5. The van der Waals surface area contributed by atoms with Crippen molar-refractivity contribution in [1.82, 2.24) is 14.8 Å². The molecule has 0 spiro atoms. The van der Waals surface area contributed by atoms with Crippen LogP contribution in [0.1, 0.15) is 56.8 Å². The molecule has 8 aromatic carbocycles. The standard InChI is InChI=1S/C55H43N5/c1-57-53(41-22-16-18-38(32-41)36-56)59(2)54(40-20-6-3-7-21-40)58-37-39-19-17-27-44(33-39)60-51-31-15-13-29-46(51)48-34-50-47(35-52(48)60)45-28-12-14-30-49(45)55(50,42-23-8-4-9-24-42)43-25-10-5-11-26-43/h3-35,37,53-54,57H,1-2H3. The van der Waals surface area contributed by atoms with Gasteiger partial charge in [-0.15, -0.1) is 0 Å². The van der Waals surface area contributed by atoms with Crippen LogP contribution >= 0.6 is 0 Å². The van der Waals surface area contributed by atoms with Gasteiger partial charge >= 0.3 is 0 Å². The van der Waals surface area contributed by atoms with Gasteiger partial charge in [-0.3, -0.25) is 9.89 Å². The molecule has 0 bridgehead atoms. The highest BCUT2D eigenvalue weighted by Crippen LogP contribution is 2.57. The van der Waals surface area contributed by atoms with E-state index in [-0.39, 0.29) is 12.3 Å². The number of nitrogens with zero attached hydrogens (tertiary/aromatic N) is 4. The highest BCUT2D eigenvalue weighted by Gasteiger charge is 2.46. The van der Waals surface area contributed by atoms with E-state index in [2.05, 4.69) is 204 Å². The largest absolute Gasteiger partial charge is 0.309 e. The summed E-state index contributed by atoms with van der Waals surface area (Å²) in [4.78, 5) is 7.49. The Morgan fingerprint density at radius 1 is 0.600 bits per heavy atom. The molecule has 5 nitrogen and oxygen atoms in total. The van der Waals surface area contributed by atoms with E-state index in [0.717, 1.165) is 33.4 Å². The summed E-state index contributed by atoms with van der Waals surface area (Å²) in [6, 6.07) is 73.7. The van der Waals surface area contributed by atoms with Crippen molar-refractivity contribution in [3.63, 3.8) is 0 Å². The first-order chi connectivity index (χ1) is 29.6. The fourth-order valence-corrected chi connectivity index (χ4v) is 9.66. The summed E-state index contributed by atoms with van der Waals surface area (Å²) in [5, 5.41) is 15.5. The normalized spacial score (nSPS) is 14.0. The van der Waals surface area contributed by atoms with Crippen LogP contribution in [0.2, 0.25) is 0 Å². The van der Waals surface area contributed by atoms with Crippen LogP contribution in [0.25, 0.3) is 38.6 Å². The molecular weight excluding hydrogens is 731 g/mol. The maximum Gasteiger partial charge on any atom is 0.129 e. The van der Waals surface area contributed by atoms with Gasteiger partial charge in [-0.2, -0.15) is 5.26 Å². The number of nitriles is 1. The van der Waals surface area contributed by atoms with E-state index in [1.807, 2.05) is 37.5 Å². The molecule has 2 unspecified atom stereocenters. The Kier molecular flexibility index (Phi) is 9.50. The maximum atomic E-state index is 9.64. The number of rotatable bonds is 10. The van der Waals surface area contributed by atoms with Crippen LogP contribution in [0.3, 0.4) is 0 Å². The van der Waals surface area contributed by atoms with Crippen molar-refractivity contribution in [3.05, 3.63) is 245 Å². The van der Waals surface area contributed by atoms with Gasteiger partial charge < -0.3 is 9.88 Å². The van der Waals surface area contributed by atoms with Crippen molar-refractivity contribution >= 4 is 28.0 Å². The zero-order valence-corrected chi connectivity index (χ0v) is 33.6. The third kappa shape index (κ3) is 6.05. The predicted molar refractivity (Wildman–Crippen MR) is 246 cm³/mol. The van der Waals surface area contributed by atoms with Gasteiger partial charge in [0, 0.05) is 22.7 Å². The average Bonchev–Trinajstić information content (AvgIpc) is 3.79. The molecule has 0 aliphatic heterocycles. The monoisotopic (exact) mass is 773 g/mol. The van der Waals surface area contributed by atoms with Crippen molar-refractivity contribution in [2.45, 2.75) is 17.7 Å². The van der Waals surface area contributed by atoms with E-state index in [9.17, 15) is 5.26 Å². The summed E-state index contributed by atoms with van der Waals surface area (Å²) < 4.78 is 2.41. The average molecular weight is 774 g/mol. The van der Waals surface area contributed by atoms with Gasteiger partial charge in [0.2, 0.25) is 0 Å². The van der Waals surface area contributed by atoms with Gasteiger partial charge in [-0.25, -0.2) is 0 Å². The summed E-state index contributed by atoms with van der Waals surface area (Å²) in [6.45, 7) is 0. The first-order valence-corrected chi connectivity index (χ1v) is 20.5. The molecule has 1 heterocycles. The Labute approximate surface area is 351 Å². The van der Waals surface area contributed by atoms with E-state index in [4.69, 9.17) is 4.99 Å². The highest BCUT2D eigenvalue weighted by atomic mass is 15.3. The summed E-state index contributed by atoms with van der Waals surface area (Å²) >= 11 is 0. The van der Waals surface area contributed by atoms with E-state index in [0.29, 0.717) is 5.56 Å². The lowest BCUT2D eigenvalue weighted by Crippen LogP contribution is -2.36. The molecule has 60 heavy (non-hydrogen) atoms. The minimum absolute atomic E-state index is 0.182. The molecule has 1 aliphatic carbocycles. The van der Waals surface area contributed by atoms with Crippen LogP contribution in [-0.4, -0.2) is 29.8 Å². The summed E-state index contributed by atoms with van der Waals surface area (Å²) in [5.74, 6) is 0. The van der Waals surface area contributed by atoms with Gasteiger partial charge in [-0.1, -0.05) is 158 Å². The van der Waals surface area contributed by atoms with Crippen LogP contribution in [0, 0.1) is 11.3 Å². The lowest BCUT2D eigenvalue weighted by Gasteiger charge is -2.34. The lowest BCUT2D eigenvalue weighted by molar-refractivity contribution is 0.157. The Hall–Kier alpha value is -7.36. The fraction of sp³-hybridized carbons (Fsp3) is 0.0909. The smallest absolute Gasteiger partial charge is 0.129 e. The van der Waals surface area contributed by atoms with Crippen LogP contribution in [0.4, 0.5) is 0 Å². The van der Waals surface area contributed by atoms with Gasteiger partial charge in [0.1, 0.15) is 6.17 Å². The zero-order valence-electron chi connectivity index (χ0n) is 33.6. The SMILES string of the molecule is CNC(c1cccc(C#N)c1)N(C)C(N=Cc1cccc(-n2c3ccccc3c3cc4c(cc32)-c2ccccc2C4(c2ccccc2)c2ccccc2)c1)c1ccccc1. The number of fused-ring (bicyclic) bond motifs is 6. The minimum atomic E-state index is -0.477. The first-order valence-electron chi connectivity index (χ1n) is 20.5. The molecule has 10 rings (SSSR count). The molecule has 9 aromatic rings. The van der Waals surface area contributed by atoms with E-state index in [1.165, 1.54) is 44.2 Å². The minimum Gasteiger partial charge on any atom is -0.309 e. The van der Waals surface area contributed by atoms with Crippen LogP contribution in [0.15, 0.2) is 205 Å². The lowest BCUT2D eigenvalue weighted by atomic mass is 9.67. The van der Waals surface area contributed by atoms with Gasteiger partial charge in [0.05, 0.1) is 34.2 Å². The Balaban J connectivity index is 1.12. The molecule has 288 valence electrons. The van der Waals surface area contributed by atoms with Crippen molar-refractivity contribution in [3.8, 4) is 22.9 Å². The van der Waals surface area contributed by atoms with Crippen molar-refractivity contribution in [2.24, 2.45) is 4.99 Å². The number of nitrogens with one attached hydrogen (secondary N) is 1. The van der Waals surface area contributed by atoms with E-state index in [1.54, 1.807) is 0 Å². The van der Waals surface area contributed by atoms with Crippen molar-refractivity contribution in [2.75, 3.05) is 14.1 Å². The molecule has 5 heteroatoms. The molecule has 2 atom stereocenters. The molecule has 1 N–H and O–H groups in total. The maximum absolute atomic E-state index is 9.64. The molecule has 0 radical (unpaired) electrons. The topological polar surface area (TPSA) is 56.4 Å². The van der Waals surface area contributed by atoms with Crippen molar-refractivity contribution in [1.29, 1.82) is 5.26 Å². The number of aliphatic imine (C=N–C) groups is 1. The third-order valence-electron chi connectivity index (χ3n) is 12.2. The second kappa shape index (κ2) is 15.4. The number of hydrogen-bond donors (Lipinski definition) is 1. The molecule has 0 amide bonds. The molecule has 1 aliphatic rings. The van der Waals surface area contributed by atoms with Crippen molar-refractivity contribution < 1.29 is 0 Å². The van der Waals surface area contributed by atoms with Crippen LogP contribution in [-0.2, 0) is 5.41 Å². The molecule has 0 saturated carbocycles.